The fraction of sp³-hybridized carbons (Fsp3) is 0.294. The van der Waals surface area contributed by atoms with Gasteiger partial charge in [0.25, 0.3) is 0 Å². The normalized spacial score (nSPS) is 13.1. The van der Waals surface area contributed by atoms with E-state index in [2.05, 4.69) is 20.0 Å². The zero-order valence-corrected chi connectivity index (χ0v) is 13.7. The van der Waals surface area contributed by atoms with E-state index in [9.17, 15) is 9.59 Å². The van der Waals surface area contributed by atoms with Crippen molar-refractivity contribution in [3.05, 3.63) is 47.3 Å². The van der Waals surface area contributed by atoms with E-state index in [-0.39, 0.29) is 18.9 Å². The summed E-state index contributed by atoms with van der Waals surface area (Å²) < 4.78 is 4.64. The van der Waals surface area contributed by atoms with Crippen LogP contribution >= 0.6 is 0 Å². The highest BCUT2D eigenvalue weighted by molar-refractivity contribution is 5.72. The van der Waals surface area contributed by atoms with E-state index in [1.54, 1.807) is 6.20 Å². The Morgan fingerprint density at radius 3 is 2.76 bits per heavy atom. The van der Waals surface area contributed by atoms with Gasteiger partial charge in [0.15, 0.2) is 0 Å². The molecule has 25 heavy (non-hydrogen) atoms. The predicted molar refractivity (Wildman–Crippen MR) is 89.6 cm³/mol. The monoisotopic (exact) mass is 342 g/mol. The van der Waals surface area contributed by atoms with E-state index >= 15 is 0 Å². The SMILES string of the molecule is COC(=O)Cc1ccc(Nc2ncc3c(n2)CN(C(=O)O)CC3)cc1. The predicted octanol–water partition coefficient (Wildman–Crippen LogP) is 1.97. The summed E-state index contributed by atoms with van der Waals surface area (Å²) in [7, 11) is 1.36. The molecule has 2 N–H and O–H groups in total. The highest BCUT2D eigenvalue weighted by Gasteiger charge is 2.21. The van der Waals surface area contributed by atoms with Gasteiger partial charge in [-0.25, -0.2) is 14.8 Å². The minimum absolute atomic E-state index is 0.219. The highest BCUT2D eigenvalue weighted by atomic mass is 16.5. The van der Waals surface area contributed by atoms with Crippen molar-refractivity contribution in [2.24, 2.45) is 0 Å². The van der Waals surface area contributed by atoms with Crippen molar-refractivity contribution in [2.45, 2.75) is 19.4 Å². The Kier molecular flexibility index (Phi) is 4.78. The molecule has 1 aliphatic heterocycles. The first kappa shape index (κ1) is 16.7. The van der Waals surface area contributed by atoms with Crippen molar-refractivity contribution in [1.29, 1.82) is 0 Å². The van der Waals surface area contributed by atoms with Gasteiger partial charge in [0.2, 0.25) is 5.95 Å². The Balaban J connectivity index is 1.70. The molecule has 0 fully saturated rings. The molecule has 0 aliphatic carbocycles. The van der Waals surface area contributed by atoms with Crippen LogP contribution in [-0.4, -0.2) is 45.7 Å². The van der Waals surface area contributed by atoms with E-state index in [4.69, 9.17) is 5.11 Å². The molecule has 0 unspecified atom stereocenters. The molecule has 3 rings (SSSR count). The number of hydrogen-bond donors (Lipinski definition) is 2. The van der Waals surface area contributed by atoms with Crippen LogP contribution in [0.15, 0.2) is 30.5 Å². The second-order valence-corrected chi connectivity index (χ2v) is 5.69. The lowest BCUT2D eigenvalue weighted by atomic mass is 10.1. The average Bonchev–Trinajstić information content (AvgIpc) is 2.62. The van der Waals surface area contributed by atoms with Gasteiger partial charge < -0.3 is 20.1 Å². The molecule has 0 spiro atoms. The quantitative estimate of drug-likeness (QED) is 0.819. The Bertz CT molecular complexity index is 792. The van der Waals surface area contributed by atoms with Crippen molar-refractivity contribution in [2.75, 3.05) is 19.0 Å². The number of amides is 1. The molecule has 0 atom stereocenters. The van der Waals surface area contributed by atoms with Gasteiger partial charge >= 0.3 is 12.1 Å². The molecule has 0 bridgehead atoms. The summed E-state index contributed by atoms with van der Waals surface area (Å²) in [6, 6.07) is 7.29. The molecule has 0 saturated heterocycles. The fourth-order valence-corrected chi connectivity index (χ4v) is 2.60. The number of methoxy groups -OCH3 is 1. The largest absolute Gasteiger partial charge is 0.469 e. The minimum atomic E-state index is -0.944. The van der Waals surface area contributed by atoms with Crippen molar-refractivity contribution in [3.63, 3.8) is 0 Å². The maximum Gasteiger partial charge on any atom is 0.407 e. The third kappa shape index (κ3) is 4.03. The zero-order chi connectivity index (χ0) is 17.8. The van der Waals surface area contributed by atoms with Gasteiger partial charge in [0.05, 0.1) is 25.8 Å². The molecule has 130 valence electrons. The molecule has 2 aromatic rings. The Hall–Kier alpha value is -3.16. The topological polar surface area (TPSA) is 105 Å². The number of hydrogen-bond acceptors (Lipinski definition) is 6. The molecular formula is C17H18N4O4. The Morgan fingerprint density at radius 2 is 2.08 bits per heavy atom. The van der Waals surface area contributed by atoms with Crippen molar-refractivity contribution in [1.82, 2.24) is 14.9 Å². The standard InChI is InChI=1S/C17H18N4O4/c1-25-15(22)8-11-2-4-13(5-3-11)19-16-18-9-12-6-7-21(17(23)24)10-14(12)20-16/h2-5,9H,6-8,10H2,1H3,(H,23,24)(H,18,19,20). The first-order valence-electron chi connectivity index (χ1n) is 7.80. The number of carboxylic acid groups (broad SMARTS) is 1. The number of rotatable bonds is 4. The fourth-order valence-electron chi connectivity index (χ4n) is 2.60. The summed E-state index contributed by atoms with van der Waals surface area (Å²) in [6.45, 7) is 0.722. The summed E-state index contributed by atoms with van der Waals surface area (Å²) in [6.07, 6.45) is 1.62. The van der Waals surface area contributed by atoms with E-state index in [0.717, 1.165) is 16.8 Å². The van der Waals surface area contributed by atoms with E-state index < -0.39 is 6.09 Å². The van der Waals surface area contributed by atoms with Crippen LogP contribution < -0.4 is 5.32 Å². The van der Waals surface area contributed by atoms with Gasteiger partial charge in [0, 0.05) is 18.4 Å². The van der Waals surface area contributed by atoms with Gasteiger partial charge in [0.1, 0.15) is 0 Å². The van der Waals surface area contributed by atoms with Crippen LogP contribution in [0.1, 0.15) is 16.8 Å². The van der Waals surface area contributed by atoms with Crippen LogP contribution in [0.2, 0.25) is 0 Å². The molecular weight excluding hydrogens is 324 g/mol. The summed E-state index contributed by atoms with van der Waals surface area (Å²) >= 11 is 0. The Labute approximate surface area is 144 Å². The highest BCUT2D eigenvalue weighted by Crippen LogP contribution is 2.20. The van der Waals surface area contributed by atoms with Crippen LogP contribution in [0.4, 0.5) is 16.4 Å². The molecule has 1 amide bonds. The number of carbonyl (C=O) groups excluding carboxylic acids is 1. The van der Waals surface area contributed by atoms with Crippen molar-refractivity contribution < 1.29 is 19.4 Å². The van der Waals surface area contributed by atoms with Crippen LogP contribution in [0.5, 0.6) is 0 Å². The third-order valence-corrected chi connectivity index (χ3v) is 4.00. The number of nitrogens with one attached hydrogen (secondary N) is 1. The van der Waals surface area contributed by atoms with E-state index in [1.165, 1.54) is 12.0 Å². The summed E-state index contributed by atoms with van der Waals surface area (Å²) in [5.74, 6) is 0.119. The number of carbonyl (C=O) groups is 2. The smallest absolute Gasteiger partial charge is 0.407 e. The number of aromatic nitrogens is 2. The molecule has 8 heteroatoms. The summed E-state index contributed by atoms with van der Waals surface area (Å²) in [5, 5.41) is 12.2. The number of ether oxygens (including phenoxy) is 1. The lowest BCUT2D eigenvalue weighted by molar-refractivity contribution is -0.139. The van der Waals surface area contributed by atoms with E-state index in [1.807, 2.05) is 24.3 Å². The van der Waals surface area contributed by atoms with Gasteiger partial charge in [-0.1, -0.05) is 12.1 Å². The molecule has 2 heterocycles. The first-order chi connectivity index (χ1) is 12.0. The number of anilines is 2. The molecule has 0 radical (unpaired) electrons. The number of esters is 1. The zero-order valence-electron chi connectivity index (χ0n) is 13.7. The van der Waals surface area contributed by atoms with Gasteiger partial charge in [-0.05, 0) is 29.7 Å². The molecule has 1 aliphatic rings. The number of nitrogens with zero attached hydrogens (tertiary/aromatic N) is 3. The molecule has 8 nitrogen and oxygen atoms in total. The van der Waals surface area contributed by atoms with Gasteiger partial charge in [-0.3, -0.25) is 4.79 Å². The first-order valence-corrected chi connectivity index (χ1v) is 7.80. The van der Waals surface area contributed by atoms with Crippen LogP contribution in [-0.2, 0) is 28.9 Å². The maximum absolute atomic E-state index is 11.3. The number of fused-ring (bicyclic) bond motifs is 1. The number of benzene rings is 1. The van der Waals surface area contributed by atoms with Crippen LogP contribution in [0.3, 0.4) is 0 Å². The third-order valence-electron chi connectivity index (χ3n) is 4.00. The molecule has 1 aromatic heterocycles. The van der Waals surface area contributed by atoms with Crippen LogP contribution in [0.25, 0.3) is 0 Å². The Morgan fingerprint density at radius 1 is 1.32 bits per heavy atom. The average molecular weight is 342 g/mol. The molecule has 1 aromatic carbocycles. The van der Waals surface area contributed by atoms with Crippen molar-refractivity contribution in [3.8, 4) is 0 Å². The van der Waals surface area contributed by atoms with Crippen LogP contribution in [0, 0.1) is 0 Å². The molecule has 0 saturated carbocycles. The lowest BCUT2D eigenvalue weighted by Crippen LogP contribution is -2.35. The summed E-state index contributed by atoms with van der Waals surface area (Å²) in [4.78, 5) is 32.4. The van der Waals surface area contributed by atoms with E-state index in [0.29, 0.717) is 24.6 Å². The van der Waals surface area contributed by atoms with Crippen molar-refractivity contribution >= 4 is 23.7 Å². The lowest BCUT2D eigenvalue weighted by Gasteiger charge is -2.25. The maximum atomic E-state index is 11.3. The van der Waals surface area contributed by atoms with Gasteiger partial charge in [-0.15, -0.1) is 0 Å². The summed E-state index contributed by atoms with van der Waals surface area (Å²) in [5.41, 5.74) is 3.31. The second-order valence-electron chi connectivity index (χ2n) is 5.69. The second kappa shape index (κ2) is 7.16. The minimum Gasteiger partial charge on any atom is -0.469 e. The van der Waals surface area contributed by atoms with Gasteiger partial charge in [-0.2, -0.15) is 0 Å².